The van der Waals surface area contributed by atoms with Crippen molar-refractivity contribution in [1.82, 2.24) is 9.97 Å². The van der Waals surface area contributed by atoms with Crippen molar-refractivity contribution in [2.45, 2.75) is 64.2 Å². The highest BCUT2D eigenvalue weighted by molar-refractivity contribution is 5.38. The largest absolute Gasteiger partial charge is 0.381 e. The molecule has 21 heavy (non-hydrogen) atoms. The van der Waals surface area contributed by atoms with Gasteiger partial charge in [-0.15, -0.1) is 0 Å². The molecule has 2 rings (SSSR count). The molecule has 1 N–H and O–H groups in total. The van der Waals surface area contributed by atoms with Crippen molar-refractivity contribution in [3.63, 3.8) is 0 Å². The van der Waals surface area contributed by atoms with Gasteiger partial charge in [0.25, 0.3) is 0 Å². The molecule has 1 saturated carbocycles. The van der Waals surface area contributed by atoms with Crippen LogP contribution in [0.1, 0.15) is 51.6 Å². The zero-order valence-electron chi connectivity index (χ0n) is 13.8. The molecule has 0 spiro atoms. The van der Waals surface area contributed by atoms with E-state index >= 15 is 0 Å². The van der Waals surface area contributed by atoms with Crippen molar-refractivity contribution in [3.8, 4) is 0 Å². The quantitative estimate of drug-likeness (QED) is 0.904. The molecule has 2 unspecified atom stereocenters. The molecule has 5 heteroatoms. The molecule has 1 heterocycles. The van der Waals surface area contributed by atoms with Crippen LogP contribution in [0.25, 0.3) is 0 Å². The summed E-state index contributed by atoms with van der Waals surface area (Å²) in [6.45, 7) is 6.88. The Bertz CT molecular complexity index is 471. The van der Waals surface area contributed by atoms with E-state index in [0.29, 0.717) is 18.8 Å². The summed E-state index contributed by atoms with van der Waals surface area (Å²) in [5.74, 6) is 1.74. The van der Waals surface area contributed by atoms with Gasteiger partial charge in [0, 0.05) is 31.7 Å². The lowest BCUT2D eigenvalue weighted by Gasteiger charge is -2.20. The third kappa shape index (κ3) is 4.38. The van der Waals surface area contributed by atoms with E-state index < -0.39 is 0 Å². The van der Waals surface area contributed by atoms with Crippen LogP contribution in [0.15, 0.2) is 6.07 Å². The predicted octanol–water partition coefficient (Wildman–Crippen LogP) is 2.90. The normalized spacial score (nSPS) is 22.5. The monoisotopic (exact) mass is 293 g/mol. The van der Waals surface area contributed by atoms with Crippen molar-refractivity contribution in [3.05, 3.63) is 17.6 Å². The highest BCUT2D eigenvalue weighted by Crippen LogP contribution is 2.26. The first-order valence-corrected chi connectivity index (χ1v) is 7.59. The maximum Gasteiger partial charge on any atom is 0.136 e. The van der Waals surface area contributed by atoms with E-state index in [2.05, 4.69) is 36.1 Å². The van der Waals surface area contributed by atoms with E-state index in [0.717, 1.165) is 36.6 Å². The minimum atomic E-state index is -0.0785. The second-order valence-electron chi connectivity index (χ2n) is 6.76. The topological polar surface area (TPSA) is 56.3 Å². The van der Waals surface area contributed by atoms with Crippen molar-refractivity contribution in [2.24, 2.45) is 0 Å². The highest BCUT2D eigenvalue weighted by Gasteiger charge is 2.25. The summed E-state index contributed by atoms with van der Waals surface area (Å²) in [6, 6.07) is 2.41. The summed E-state index contributed by atoms with van der Waals surface area (Å²) in [5.41, 5.74) is 0.839. The van der Waals surface area contributed by atoms with Gasteiger partial charge in [-0.3, -0.25) is 0 Å². The standard InChI is InChI=1S/C16H27N3O2/c1-16(2,3)15-18-12(10-20-4)9-14(19-15)17-11-6-7-13(8-11)21-5/h9,11,13H,6-8,10H2,1-5H3,(H,17,18,19). The average Bonchev–Trinajstić information content (AvgIpc) is 2.85. The van der Waals surface area contributed by atoms with Crippen molar-refractivity contribution in [1.29, 1.82) is 0 Å². The Morgan fingerprint density at radius 3 is 2.57 bits per heavy atom. The van der Waals surface area contributed by atoms with E-state index in [9.17, 15) is 0 Å². The number of nitrogens with zero attached hydrogens (tertiary/aromatic N) is 2. The van der Waals surface area contributed by atoms with Crippen LogP contribution in [0.2, 0.25) is 0 Å². The van der Waals surface area contributed by atoms with E-state index in [1.165, 1.54) is 0 Å². The summed E-state index contributed by atoms with van der Waals surface area (Å²) >= 11 is 0. The van der Waals surface area contributed by atoms with Gasteiger partial charge in [0.1, 0.15) is 11.6 Å². The van der Waals surface area contributed by atoms with Crippen LogP contribution in [-0.4, -0.2) is 36.3 Å². The van der Waals surface area contributed by atoms with Crippen molar-refractivity contribution >= 4 is 5.82 Å². The molecule has 0 radical (unpaired) electrons. The third-order valence-corrected chi connectivity index (χ3v) is 3.81. The zero-order chi connectivity index (χ0) is 15.5. The molecule has 118 valence electrons. The molecular weight excluding hydrogens is 266 g/mol. The first-order valence-electron chi connectivity index (χ1n) is 7.59. The van der Waals surface area contributed by atoms with Gasteiger partial charge in [0.2, 0.25) is 0 Å². The second-order valence-corrected chi connectivity index (χ2v) is 6.76. The molecule has 1 fully saturated rings. The van der Waals surface area contributed by atoms with Gasteiger partial charge in [-0.05, 0) is 19.3 Å². The molecule has 2 atom stereocenters. The Morgan fingerprint density at radius 2 is 2.00 bits per heavy atom. The van der Waals surface area contributed by atoms with Gasteiger partial charge in [0.15, 0.2) is 0 Å². The van der Waals surface area contributed by atoms with Gasteiger partial charge in [-0.1, -0.05) is 20.8 Å². The number of ether oxygens (including phenoxy) is 2. The maximum atomic E-state index is 5.43. The van der Waals surface area contributed by atoms with Crippen LogP contribution in [0.3, 0.4) is 0 Å². The molecule has 1 aliphatic rings. The summed E-state index contributed by atoms with van der Waals surface area (Å²) in [4.78, 5) is 9.28. The lowest BCUT2D eigenvalue weighted by Crippen LogP contribution is -2.22. The number of hydrogen-bond donors (Lipinski definition) is 1. The SMILES string of the molecule is COCc1cc(NC2CCC(OC)C2)nc(C(C)(C)C)n1. The van der Waals surface area contributed by atoms with Crippen LogP contribution in [0.4, 0.5) is 5.82 Å². The number of anilines is 1. The molecule has 0 aromatic carbocycles. The maximum absolute atomic E-state index is 5.43. The molecule has 5 nitrogen and oxygen atoms in total. The Labute approximate surface area is 127 Å². The van der Waals surface area contributed by atoms with Crippen molar-refractivity contribution in [2.75, 3.05) is 19.5 Å². The van der Waals surface area contributed by atoms with Gasteiger partial charge < -0.3 is 14.8 Å². The zero-order valence-corrected chi connectivity index (χ0v) is 13.8. The summed E-state index contributed by atoms with van der Waals surface area (Å²) < 4.78 is 10.6. The first-order chi connectivity index (χ1) is 9.92. The van der Waals surface area contributed by atoms with E-state index in [1.54, 1.807) is 14.2 Å². The molecule has 0 saturated heterocycles. The molecule has 0 bridgehead atoms. The van der Waals surface area contributed by atoms with Gasteiger partial charge in [-0.25, -0.2) is 9.97 Å². The average molecular weight is 293 g/mol. The number of nitrogens with one attached hydrogen (secondary N) is 1. The van der Waals surface area contributed by atoms with Gasteiger partial charge in [-0.2, -0.15) is 0 Å². The lowest BCUT2D eigenvalue weighted by atomic mass is 9.95. The summed E-state index contributed by atoms with van der Waals surface area (Å²) in [6.07, 6.45) is 3.62. The molecule has 1 aromatic rings. The fourth-order valence-electron chi connectivity index (χ4n) is 2.62. The van der Waals surface area contributed by atoms with Crippen LogP contribution in [-0.2, 0) is 21.5 Å². The fraction of sp³-hybridized carbons (Fsp3) is 0.750. The number of rotatable bonds is 5. The number of hydrogen-bond acceptors (Lipinski definition) is 5. The molecule has 1 aromatic heterocycles. The van der Waals surface area contributed by atoms with Crippen LogP contribution in [0.5, 0.6) is 0 Å². The Morgan fingerprint density at radius 1 is 1.24 bits per heavy atom. The summed E-state index contributed by atoms with van der Waals surface area (Å²) in [7, 11) is 3.47. The summed E-state index contributed by atoms with van der Waals surface area (Å²) in [5, 5.41) is 3.53. The molecule has 0 aliphatic heterocycles. The molecule has 0 amide bonds. The Balaban J connectivity index is 2.16. The smallest absolute Gasteiger partial charge is 0.136 e. The third-order valence-electron chi connectivity index (χ3n) is 3.81. The fourth-order valence-corrected chi connectivity index (χ4v) is 2.62. The van der Waals surface area contributed by atoms with E-state index in [4.69, 9.17) is 9.47 Å². The first kappa shape index (κ1) is 16.2. The number of aromatic nitrogens is 2. The van der Waals surface area contributed by atoms with Crippen LogP contribution >= 0.6 is 0 Å². The highest BCUT2D eigenvalue weighted by atomic mass is 16.5. The number of methoxy groups -OCH3 is 2. The minimum Gasteiger partial charge on any atom is -0.381 e. The minimum absolute atomic E-state index is 0.0785. The van der Waals surface area contributed by atoms with Gasteiger partial charge >= 0.3 is 0 Å². The van der Waals surface area contributed by atoms with E-state index in [-0.39, 0.29) is 5.41 Å². The predicted molar refractivity (Wildman–Crippen MR) is 83.5 cm³/mol. The van der Waals surface area contributed by atoms with Crippen LogP contribution in [0, 0.1) is 0 Å². The van der Waals surface area contributed by atoms with E-state index in [1.807, 2.05) is 6.07 Å². The van der Waals surface area contributed by atoms with Crippen LogP contribution < -0.4 is 5.32 Å². The molecule has 1 aliphatic carbocycles. The second kappa shape index (κ2) is 6.71. The molecular formula is C16H27N3O2. The lowest BCUT2D eigenvalue weighted by molar-refractivity contribution is 0.108. The van der Waals surface area contributed by atoms with Crippen molar-refractivity contribution < 1.29 is 9.47 Å². The van der Waals surface area contributed by atoms with Gasteiger partial charge in [0.05, 0.1) is 18.4 Å². The Hall–Kier alpha value is -1.20. The Kier molecular flexibility index (Phi) is 5.17.